The Labute approximate surface area is 127 Å². The number of carbonyl (C=O) groups excluding carboxylic acids is 1. The van der Waals surface area contributed by atoms with Crippen molar-refractivity contribution in [2.75, 3.05) is 33.4 Å². The summed E-state index contributed by atoms with van der Waals surface area (Å²) in [4.78, 5) is 16.2. The molecule has 0 aromatic carbocycles. The molecule has 0 radical (unpaired) electrons. The smallest absolute Gasteiger partial charge is 0.270 e. The maximum Gasteiger partial charge on any atom is 0.270 e. The van der Waals surface area contributed by atoms with Crippen molar-refractivity contribution in [2.24, 2.45) is 0 Å². The van der Waals surface area contributed by atoms with E-state index in [1.807, 2.05) is 19.1 Å². The Kier molecular flexibility index (Phi) is 5.91. The molecule has 114 valence electrons. The summed E-state index contributed by atoms with van der Waals surface area (Å²) < 4.78 is 10.4. The fourth-order valence-corrected chi connectivity index (χ4v) is 2.45. The van der Waals surface area contributed by atoms with E-state index in [0.29, 0.717) is 36.2 Å². The van der Waals surface area contributed by atoms with E-state index in [4.69, 9.17) is 9.15 Å². The molecule has 0 atom stereocenters. The Morgan fingerprint density at radius 1 is 1.38 bits per heavy atom. The van der Waals surface area contributed by atoms with Crippen molar-refractivity contribution in [3.63, 3.8) is 0 Å². The molecule has 7 heteroatoms. The van der Waals surface area contributed by atoms with Gasteiger partial charge in [-0.05, 0) is 19.1 Å². The summed E-state index contributed by atoms with van der Waals surface area (Å²) in [6, 6.07) is 3.73. The molecule has 0 saturated heterocycles. The first kappa shape index (κ1) is 15.7. The minimum Gasteiger partial charge on any atom is -0.459 e. The van der Waals surface area contributed by atoms with Crippen LogP contribution in [0.2, 0.25) is 0 Å². The molecular formula is C14H19N3O3S. The lowest BCUT2D eigenvalue weighted by Crippen LogP contribution is -2.33. The lowest BCUT2D eigenvalue weighted by Gasteiger charge is -2.04. The van der Waals surface area contributed by atoms with Crippen LogP contribution in [0.5, 0.6) is 0 Å². The number of thiazole rings is 1. The Hall–Kier alpha value is -1.70. The van der Waals surface area contributed by atoms with Gasteiger partial charge in [0.1, 0.15) is 11.5 Å². The number of methoxy groups -OCH3 is 1. The number of aryl methyl sites for hydroxylation is 1. The van der Waals surface area contributed by atoms with Gasteiger partial charge in [0.2, 0.25) is 0 Å². The molecule has 0 aliphatic carbocycles. The van der Waals surface area contributed by atoms with E-state index in [2.05, 4.69) is 15.6 Å². The number of ether oxygens (including phenoxy) is 1. The number of carbonyl (C=O) groups is 1. The van der Waals surface area contributed by atoms with E-state index in [9.17, 15) is 4.79 Å². The molecule has 0 fully saturated rings. The van der Waals surface area contributed by atoms with Crippen LogP contribution in [0.4, 0.5) is 0 Å². The van der Waals surface area contributed by atoms with Crippen molar-refractivity contribution >= 4 is 17.2 Å². The van der Waals surface area contributed by atoms with Gasteiger partial charge in [-0.2, -0.15) is 0 Å². The number of nitrogens with one attached hydrogen (secondary N) is 2. The van der Waals surface area contributed by atoms with E-state index < -0.39 is 0 Å². The number of furan rings is 1. The monoisotopic (exact) mass is 309 g/mol. The zero-order valence-corrected chi connectivity index (χ0v) is 13.0. The van der Waals surface area contributed by atoms with Crippen LogP contribution >= 0.6 is 11.3 Å². The lowest BCUT2D eigenvalue weighted by molar-refractivity contribution is 0.0949. The minimum atomic E-state index is -0.172. The highest BCUT2D eigenvalue weighted by molar-refractivity contribution is 7.13. The van der Waals surface area contributed by atoms with Crippen LogP contribution in [0.1, 0.15) is 16.2 Å². The molecule has 2 aromatic rings. The van der Waals surface area contributed by atoms with E-state index in [1.54, 1.807) is 12.5 Å². The van der Waals surface area contributed by atoms with Gasteiger partial charge in [0.25, 0.3) is 5.91 Å². The van der Waals surface area contributed by atoms with Gasteiger partial charge in [0.05, 0.1) is 6.61 Å². The average molecular weight is 309 g/mol. The first-order chi connectivity index (χ1) is 10.2. The number of rotatable bonds is 8. The maximum atomic E-state index is 11.9. The van der Waals surface area contributed by atoms with Gasteiger partial charge in [-0.1, -0.05) is 0 Å². The summed E-state index contributed by atoms with van der Waals surface area (Å²) >= 11 is 1.40. The number of amides is 1. The summed E-state index contributed by atoms with van der Waals surface area (Å²) in [6.45, 7) is 4.55. The zero-order chi connectivity index (χ0) is 15.1. The maximum absolute atomic E-state index is 11.9. The van der Waals surface area contributed by atoms with Gasteiger partial charge in [-0.25, -0.2) is 4.98 Å². The summed E-state index contributed by atoms with van der Waals surface area (Å²) in [5.74, 6) is 1.35. The van der Waals surface area contributed by atoms with Crippen LogP contribution in [0.15, 0.2) is 21.9 Å². The van der Waals surface area contributed by atoms with Crippen molar-refractivity contribution in [3.05, 3.63) is 29.0 Å². The van der Waals surface area contributed by atoms with Crippen LogP contribution < -0.4 is 10.6 Å². The molecule has 0 saturated carbocycles. The first-order valence-corrected chi connectivity index (χ1v) is 7.59. The van der Waals surface area contributed by atoms with Gasteiger partial charge in [-0.3, -0.25) is 4.79 Å². The second kappa shape index (κ2) is 7.92. The molecule has 6 nitrogen and oxygen atoms in total. The highest BCUT2D eigenvalue weighted by atomic mass is 32.1. The third-order valence-electron chi connectivity index (χ3n) is 2.76. The van der Waals surface area contributed by atoms with Gasteiger partial charge in [0, 0.05) is 32.1 Å². The molecule has 21 heavy (non-hydrogen) atoms. The van der Waals surface area contributed by atoms with Crippen molar-refractivity contribution < 1.29 is 13.9 Å². The Bertz CT molecular complexity index is 580. The Morgan fingerprint density at radius 3 is 2.95 bits per heavy atom. The van der Waals surface area contributed by atoms with Crippen molar-refractivity contribution in [1.82, 2.24) is 15.6 Å². The van der Waals surface area contributed by atoms with Crippen molar-refractivity contribution in [3.8, 4) is 10.8 Å². The largest absolute Gasteiger partial charge is 0.459 e. The molecule has 2 rings (SSSR count). The molecule has 2 heterocycles. The fraction of sp³-hybridized carbons (Fsp3) is 0.429. The second-order valence-corrected chi connectivity index (χ2v) is 5.30. The molecule has 2 N–H and O–H groups in total. The summed E-state index contributed by atoms with van der Waals surface area (Å²) in [5.41, 5.74) is 0.418. The SMILES string of the molecule is COCCNCCNC(=O)c1csc(-c2ccc(C)o2)n1. The van der Waals surface area contributed by atoms with Crippen LogP contribution in [0.3, 0.4) is 0 Å². The normalized spacial score (nSPS) is 10.8. The quantitative estimate of drug-likeness (QED) is 0.726. The van der Waals surface area contributed by atoms with Gasteiger partial charge < -0.3 is 19.8 Å². The van der Waals surface area contributed by atoms with Crippen molar-refractivity contribution in [2.45, 2.75) is 6.92 Å². The van der Waals surface area contributed by atoms with Crippen LogP contribution in [0.25, 0.3) is 10.8 Å². The van der Waals surface area contributed by atoms with Crippen molar-refractivity contribution in [1.29, 1.82) is 0 Å². The lowest BCUT2D eigenvalue weighted by atomic mass is 10.4. The zero-order valence-electron chi connectivity index (χ0n) is 12.1. The molecule has 0 spiro atoms. The Balaban J connectivity index is 1.79. The summed E-state index contributed by atoms with van der Waals surface area (Å²) in [7, 11) is 1.66. The van der Waals surface area contributed by atoms with E-state index in [0.717, 1.165) is 12.3 Å². The van der Waals surface area contributed by atoms with Crippen LogP contribution in [0, 0.1) is 6.92 Å². The molecule has 1 amide bonds. The van der Waals surface area contributed by atoms with E-state index >= 15 is 0 Å². The topological polar surface area (TPSA) is 76.4 Å². The third-order valence-corrected chi connectivity index (χ3v) is 3.62. The fourth-order valence-electron chi connectivity index (χ4n) is 1.69. The number of hydrogen-bond acceptors (Lipinski definition) is 6. The van der Waals surface area contributed by atoms with Gasteiger partial charge >= 0.3 is 0 Å². The third kappa shape index (κ3) is 4.66. The summed E-state index contributed by atoms with van der Waals surface area (Å²) in [5, 5.41) is 8.42. The number of nitrogens with zero attached hydrogens (tertiary/aromatic N) is 1. The first-order valence-electron chi connectivity index (χ1n) is 6.71. The second-order valence-electron chi connectivity index (χ2n) is 4.45. The average Bonchev–Trinajstić information content (AvgIpc) is 3.11. The van der Waals surface area contributed by atoms with Crippen LogP contribution in [-0.2, 0) is 4.74 Å². The highest BCUT2D eigenvalue weighted by Crippen LogP contribution is 2.25. The highest BCUT2D eigenvalue weighted by Gasteiger charge is 2.13. The van der Waals surface area contributed by atoms with Crippen LogP contribution in [-0.4, -0.2) is 44.2 Å². The number of hydrogen-bond donors (Lipinski definition) is 2. The summed E-state index contributed by atoms with van der Waals surface area (Å²) in [6.07, 6.45) is 0. The molecule has 0 aliphatic heterocycles. The molecule has 0 unspecified atom stereocenters. The minimum absolute atomic E-state index is 0.172. The predicted molar refractivity (Wildman–Crippen MR) is 81.6 cm³/mol. The predicted octanol–water partition coefficient (Wildman–Crippen LogP) is 1.68. The van der Waals surface area contributed by atoms with E-state index in [1.165, 1.54) is 11.3 Å². The Morgan fingerprint density at radius 2 is 2.24 bits per heavy atom. The molecule has 0 bridgehead atoms. The van der Waals surface area contributed by atoms with Gasteiger partial charge in [-0.15, -0.1) is 11.3 Å². The number of aromatic nitrogens is 1. The molecule has 0 aliphatic rings. The molecule has 2 aromatic heterocycles. The molecular weight excluding hydrogens is 290 g/mol. The standard InChI is InChI=1S/C14H19N3O3S/c1-10-3-4-12(20-10)14-17-11(9-21-14)13(18)16-6-5-15-7-8-19-2/h3-4,9,15H,5-8H2,1-2H3,(H,16,18). The van der Waals surface area contributed by atoms with Gasteiger partial charge in [0.15, 0.2) is 10.8 Å². The van der Waals surface area contributed by atoms with E-state index in [-0.39, 0.29) is 5.91 Å².